The molecule has 0 saturated carbocycles. The summed E-state index contributed by atoms with van der Waals surface area (Å²) in [5, 5.41) is 9.16. The summed E-state index contributed by atoms with van der Waals surface area (Å²) in [6.45, 7) is 1.69. The second-order valence-corrected chi connectivity index (χ2v) is 6.00. The Balaban J connectivity index is 1.64. The Hall–Kier alpha value is -2.64. The van der Waals surface area contributed by atoms with Gasteiger partial charge in [-0.2, -0.15) is 0 Å². The van der Waals surface area contributed by atoms with Crippen LogP contribution in [0.5, 0.6) is 0 Å². The van der Waals surface area contributed by atoms with Crippen LogP contribution in [0.2, 0.25) is 0 Å². The van der Waals surface area contributed by atoms with E-state index in [4.69, 9.17) is 9.84 Å². The van der Waals surface area contributed by atoms with Crippen molar-refractivity contribution in [3.8, 4) is 0 Å². The molecule has 8 heteroatoms. The molecule has 0 bridgehead atoms. The monoisotopic (exact) mass is 336 g/mol. The second kappa shape index (κ2) is 6.10. The van der Waals surface area contributed by atoms with Crippen LogP contribution in [0.3, 0.4) is 0 Å². The predicted octanol–water partition coefficient (Wildman–Crippen LogP) is 1.35. The summed E-state index contributed by atoms with van der Waals surface area (Å²) in [6, 6.07) is 3.68. The first-order chi connectivity index (χ1) is 11.4. The number of carboxylic acid groups (broad SMARTS) is 1. The van der Waals surface area contributed by atoms with Crippen molar-refractivity contribution in [3.63, 3.8) is 0 Å². The summed E-state index contributed by atoms with van der Waals surface area (Å²) < 4.78 is 19.1. The van der Waals surface area contributed by atoms with Gasteiger partial charge in [0.25, 0.3) is 0 Å². The third-order valence-corrected chi connectivity index (χ3v) is 4.40. The van der Waals surface area contributed by atoms with Gasteiger partial charge in [-0.05, 0) is 11.6 Å². The van der Waals surface area contributed by atoms with Crippen LogP contribution >= 0.6 is 0 Å². The largest absolute Gasteiger partial charge is 0.480 e. The number of likely N-dealkylation sites (tertiary alicyclic amines) is 1. The molecule has 1 aromatic carbocycles. The Morgan fingerprint density at radius 1 is 1.29 bits per heavy atom. The topological polar surface area (TPSA) is 87.2 Å². The van der Waals surface area contributed by atoms with Crippen LogP contribution < -0.4 is 0 Å². The van der Waals surface area contributed by atoms with Crippen molar-refractivity contribution in [2.24, 2.45) is 0 Å². The van der Waals surface area contributed by atoms with Gasteiger partial charge in [0, 0.05) is 25.5 Å². The number of fused-ring (bicyclic) bond motifs is 1. The molecule has 0 aliphatic carbocycles. The number of nitrogens with zero attached hydrogens (tertiary/aromatic N) is 2. The normalized spacial score (nSPS) is 22.4. The number of amides is 2. The van der Waals surface area contributed by atoms with Gasteiger partial charge in [0.15, 0.2) is 0 Å². The first kappa shape index (κ1) is 16.2. The molecule has 1 saturated heterocycles. The molecule has 2 aliphatic heterocycles. The van der Waals surface area contributed by atoms with Crippen LogP contribution in [-0.4, -0.2) is 51.6 Å². The lowest BCUT2D eigenvalue weighted by molar-refractivity contribution is -0.147. The van der Waals surface area contributed by atoms with Crippen LogP contribution in [0.25, 0.3) is 0 Å². The summed E-state index contributed by atoms with van der Waals surface area (Å²) in [5.41, 5.74) is 1.20. The molecule has 1 unspecified atom stereocenters. The van der Waals surface area contributed by atoms with Crippen molar-refractivity contribution in [2.75, 3.05) is 6.54 Å². The van der Waals surface area contributed by atoms with Gasteiger partial charge in [0.05, 0.1) is 13.1 Å². The predicted molar refractivity (Wildman–Crippen MR) is 79.3 cm³/mol. The minimum absolute atomic E-state index is 0.0488. The summed E-state index contributed by atoms with van der Waals surface area (Å²) in [4.78, 5) is 37.5. The number of carbonyl (C=O) groups is 3. The molecule has 0 aromatic heterocycles. The number of hydrogen-bond acceptors (Lipinski definition) is 4. The minimum atomic E-state index is -1.13. The highest BCUT2D eigenvalue weighted by Crippen LogP contribution is 2.27. The maximum Gasteiger partial charge on any atom is 0.410 e. The Labute approximate surface area is 137 Å². The fourth-order valence-corrected chi connectivity index (χ4v) is 3.19. The Morgan fingerprint density at radius 2 is 2.04 bits per heavy atom. The number of carbonyl (C=O) groups excluding carboxylic acids is 2. The summed E-state index contributed by atoms with van der Waals surface area (Å²) in [6.07, 6.45) is -1.27. The fraction of sp³-hybridized carbons (Fsp3) is 0.438. The number of halogens is 1. The van der Waals surface area contributed by atoms with Gasteiger partial charge in [-0.1, -0.05) is 12.1 Å². The Bertz CT molecular complexity index is 686. The molecule has 3 rings (SSSR count). The fourth-order valence-electron chi connectivity index (χ4n) is 3.19. The highest BCUT2D eigenvalue weighted by molar-refractivity contribution is 5.83. The number of aliphatic carboxylic acids is 1. The molecule has 7 nitrogen and oxygen atoms in total. The first-order valence-electron chi connectivity index (χ1n) is 7.58. The van der Waals surface area contributed by atoms with Gasteiger partial charge >= 0.3 is 12.1 Å². The summed E-state index contributed by atoms with van der Waals surface area (Å²) in [7, 11) is 0. The molecular formula is C16H17FN2O5. The minimum Gasteiger partial charge on any atom is -0.480 e. The van der Waals surface area contributed by atoms with Crippen molar-refractivity contribution >= 4 is 18.0 Å². The van der Waals surface area contributed by atoms with Crippen LogP contribution in [0, 0.1) is 5.82 Å². The standard InChI is InChI=1S/C16H17FN2O5/c1-9(20)19-7-11(5-14(19)15(21)22)24-16(23)18-6-10-3-2-4-13(17)12(10)8-18/h2-4,11,14H,5-8H2,1H3,(H,21,22)/t11?,14-/m0/s1. The zero-order valence-electron chi connectivity index (χ0n) is 13.1. The van der Waals surface area contributed by atoms with E-state index in [0.717, 1.165) is 5.56 Å². The number of ether oxygens (including phenoxy) is 1. The quantitative estimate of drug-likeness (QED) is 0.881. The molecule has 2 amide bonds. The van der Waals surface area contributed by atoms with Crippen molar-refractivity contribution in [2.45, 2.75) is 38.6 Å². The first-order valence-corrected chi connectivity index (χ1v) is 7.58. The molecule has 0 spiro atoms. The van der Waals surface area contributed by atoms with E-state index in [1.54, 1.807) is 12.1 Å². The average molecular weight is 336 g/mol. The van der Waals surface area contributed by atoms with E-state index in [0.29, 0.717) is 5.56 Å². The van der Waals surface area contributed by atoms with E-state index in [-0.39, 0.29) is 37.8 Å². The maximum absolute atomic E-state index is 13.7. The van der Waals surface area contributed by atoms with Gasteiger partial charge in [-0.25, -0.2) is 14.0 Å². The molecule has 1 aromatic rings. The highest BCUT2D eigenvalue weighted by atomic mass is 19.1. The van der Waals surface area contributed by atoms with E-state index in [2.05, 4.69) is 0 Å². The molecule has 1 fully saturated rings. The molecular weight excluding hydrogens is 319 g/mol. The van der Waals surface area contributed by atoms with E-state index in [9.17, 15) is 18.8 Å². The lowest BCUT2D eigenvalue weighted by Crippen LogP contribution is -2.39. The molecule has 128 valence electrons. The van der Waals surface area contributed by atoms with Crippen molar-refractivity contribution in [1.82, 2.24) is 9.80 Å². The molecule has 2 heterocycles. The molecule has 2 aliphatic rings. The maximum atomic E-state index is 13.7. The van der Waals surface area contributed by atoms with Crippen molar-refractivity contribution in [3.05, 3.63) is 35.1 Å². The van der Waals surface area contributed by atoms with Crippen LogP contribution in [0.4, 0.5) is 9.18 Å². The zero-order chi connectivity index (χ0) is 17.4. The number of hydrogen-bond donors (Lipinski definition) is 1. The Kier molecular flexibility index (Phi) is 4.13. The van der Waals surface area contributed by atoms with Crippen LogP contribution in [0.15, 0.2) is 18.2 Å². The van der Waals surface area contributed by atoms with Crippen LogP contribution in [-0.2, 0) is 27.4 Å². The second-order valence-electron chi connectivity index (χ2n) is 6.00. The van der Waals surface area contributed by atoms with Gasteiger partial charge in [0.2, 0.25) is 5.91 Å². The molecule has 2 atom stereocenters. The Morgan fingerprint density at radius 3 is 2.62 bits per heavy atom. The lowest BCUT2D eigenvalue weighted by atomic mass is 10.1. The van der Waals surface area contributed by atoms with Gasteiger partial charge in [-0.3, -0.25) is 9.69 Å². The zero-order valence-corrected chi connectivity index (χ0v) is 13.1. The molecule has 1 N–H and O–H groups in total. The van der Waals surface area contributed by atoms with Gasteiger partial charge in [-0.15, -0.1) is 0 Å². The SMILES string of the molecule is CC(=O)N1CC(OC(=O)N2Cc3cccc(F)c3C2)C[C@H]1C(=O)O. The third-order valence-electron chi connectivity index (χ3n) is 4.40. The number of rotatable bonds is 2. The van der Waals surface area contributed by atoms with Crippen LogP contribution in [0.1, 0.15) is 24.5 Å². The summed E-state index contributed by atoms with van der Waals surface area (Å²) >= 11 is 0. The third kappa shape index (κ3) is 2.91. The van der Waals surface area contributed by atoms with Crippen molar-refractivity contribution < 1.29 is 28.6 Å². The van der Waals surface area contributed by atoms with Gasteiger partial charge < -0.3 is 14.7 Å². The average Bonchev–Trinajstić information content (AvgIpc) is 3.12. The molecule has 24 heavy (non-hydrogen) atoms. The van der Waals surface area contributed by atoms with E-state index >= 15 is 0 Å². The highest BCUT2D eigenvalue weighted by Gasteiger charge is 2.41. The van der Waals surface area contributed by atoms with Gasteiger partial charge in [0.1, 0.15) is 18.0 Å². The number of benzene rings is 1. The van der Waals surface area contributed by atoms with E-state index in [1.165, 1.54) is 22.8 Å². The summed E-state index contributed by atoms with van der Waals surface area (Å²) in [5.74, 6) is -1.87. The molecule has 0 radical (unpaired) electrons. The smallest absolute Gasteiger partial charge is 0.410 e. The van der Waals surface area contributed by atoms with E-state index in [1.807, 2.05) is 0 Å². The lowest BCUT2D eigenvalue weighted by Gasteiger charge is -2.20. The number of carboxylic acids is 1. The van der Waals surface area contributed by atoms with Crippen molar-refractivity contribution in [1.29, 1.82) is 0 Å². The van der Waals surface area contributed by atoms with E-state index < -0.39 is 24.2 Å².